The Morgan fingerprint density at radius 3 is 2.88 bits per heavy atom. The number of amides is 1. The highest BCUT2D eigenvalue weighted by molar-refractivity contribution is 6.31. The molecule has 0 heterocycles. The summed E-state index contributed by atoms with van der Waals surface area (Å²) in [5.74, 6) is 2.04. The van der Waals surface area contributed by atoms with E-state index < -0.39 is 0 Å². The van der Waals surface area contributed by atoms with Crippen molar-refractivity contribution in [3.8, 4) is 18.1 Å². The SMILES string of the molecule is C#CCN(CCC)C(=O)c1cc(Cl)ccc1O. The van der Waals surface area contributed by atoms with Crippen molar-refractivity contribution in [2.75, 3.05) is 13.1 Å². The highest BCUT2D eigenvalue weighted by atomic mass is 35.5. The van der Waals surface area contributed by atoms with Gasteiger partial charge >= 0.3 is 0 Å². The molecule has 1 aromatic carbocycles. The van der Waals surface area contributed by atoms with Crippen molar-refractivity contribution in [2.45, 2.75) is 13.3 Å². The zero-order chi connectivity index (χ0) is 12.8. The van der Waals surface area contributed by atoms with Gasteiger partial charge in [0.2, 0.25) is 0 Å². The number of nitrogens with zero attached hydrogens (tertiary/aromatic N) is 1. The Hall–Kier alpha value is -1.66. The molecule has 0 spiro atoms. The van der Waals surface area contributed by atoms with Gasteiger partial charge < -0.3 is 10.0 Å². The first-order valence-electron chi connectivity index (χ1n) is 5.31. The molecule has 0 aliphatic carbocycles. The lowest BCUT2D eigenvalue weighted by molar-refractivity contribution is 0.0774. The highest BCUT2D eigenvalue weighted by Crippen LogP contribution is 2.22. The average molecular weight is 252 g/mol. The van der Waals surface area contributed by atoms with Crippen LogP contribution in [0.1, 0.15) is 23.7 Å². The predicted octanol–water partition coefficient (Wildman–Crippen LogP) is 2.53. The monoisotopic (exact) mass is 251 g/mol. The first-order chi connectivity index (χ1) is 8.10. The van der Waals surface area contributed by atoms with E-state index in [1.807, 2.05) is 6.92 Å². The number of aromatic hydroxyl groups is 1. The summed E-state index contributed by atoms with van der Waals surface area (Å²) in [6, 6.07) is 4.37. The first-order valence-corrected chi connectivity index (χ1v) is 5.69. The van der Waals surface area contributed by atoms with E-state index in [1.165, 1.54) is 23.1 Å². The number of hydrogen-bond acceptors (Lipinski definition) is 2. The molecule has 0 saturated carbocycles. The Kier molecular flexibility index (Phi) is 4.86. The number of terminal acetylenes is 1. The summed E-state index contributed by atoms with van der Waals surface area (Å²) in [6.07, 6.45) is 6.01. The molecule has 0 aromatic heterocycles. The molecule has 0 aliphatic rings. The van der Waals surface area contributed by atoms with Crippen LogP contribution in [0.25, 0.3) is 0 Å². The van der Waals surface area contributed by atoms with E-state index in [4.69, 9.17) is 18.0 Å². The normalized spacial score (nSPS) is 9.71. The van der Waals surface area contributed by atoms with Gasteiger partial charge in [0.05, 0.1) is 12.1 Å². The Morgan fingerprint density at radius 1 is 1.59 bits per heavy atom. The van der Waals surface area contributed by atoms with Crippen LogP contribution in [-0.4, -0.2) is 29.0 Å². The maximum Gasteiger partial charge on any atom is 0.258 e. The van der Waals surface area contributed by atoms with E-state index in [1.54, 1.807) is 0 Å². The summed E-state index contributed by atoms with van der Waals surface area (Å²) in [6.45, 7) is 2.72. The van der Waals surface area contributed by atoms with Crippen LogP contribution >= 0.6 is 11.6 Å². The lowest BCUT2D eigenvalue weighted by Crippen LogP contribution is -2.32. The number of phenols is 1. The van der Waals surface area contributed by atoms with Crippen molar-refractivity contribution in [3.05, 3.63) is 28.8 Å². The van der Waals surface area contributed by atoms with E-state index >= 15 is 0 Å². The molecule has 1 rings (SSSR count). The topological polar surface area (TPSA) is 40.5 Å². The van der Waals surface area contributed by atoms with Crippen molar-refractivity contribution < 1.29 is 9.90 Å². The maximum absolute atomic E-state index is 12.1. The Balaban J connectivity index is 3.00. The van der Waals surface area contributed by atoms with Crippen LogP contribution in [0, 0.1) is 12.3 Å². The second-order valence-corrected chi connectivity index (χ2v) is 4.03. The van der Waals surface area contributed by atoms with Crippen molar-refractivity contribution >= 4 is 17.5 Å². The third-order valence-corrected chi connectivity index (χ3v) is 2.49. The summed E-state index contributed by atoms with van der Waals surface area (Å²) in [4.78, 5) is 13.6. The molecule has 1 N–H and O–H groups in total. The fraction of sp³-hybridized carbons (Fsp3) is 0.308. The number of carbonyl (C=O) groups excluding carboxylic acids is 1. The molecule has 1 amide bonds. The minimum Gasteiger partial charge on any atom is -0.507 e. The molecule has 0 saturated heterocycles. The fourth-order valence-corrected chi connectivity index (χ4v) is 1.65. The van der Waals surface area contributed by atoms with Gasteiger partial charge in [0, 0.05) is 11.6 Å². The Bertz CT molecular complexity index is 451. The van der Waals surface area contributed by atoms with Crippen molar-refractivity contribution in [3.63, 3.8) is 0 Å². The molecule has 4 heteroatoms. The number of benzene rings is 1. The van der Waals surface area contributed by atoms with Crippen molar-refractivity contribution in [1.29, 1.82) is 0 Å². The van der Waals surface area contributed by atoms with E-state index in [9.17, 15) is 9.90 Å². The quantitative estimate of drug-likeness (QED) is 0.836. The molecule has 0 atom stereocenters. The second kappa shape index (κ2) is 6.17. The molecule has 0 bridgehead atoms. The highest BCUT2D eigenvalue weighted by Gasteiger charge is 2.17. The Labute approximate surface area is 106 Å². The van der Waals surface area contributed by atoms with Crippen LogP contribution in [-0.2, 0) is 0 Å². The van der Waals surface area contributed by atoms with Crippen LogP contribution in [0.15, 0.2) is 18.2 Å². The average Bonchev–Trinajstić information content (AvgIpc) is 2.31. The summed E-state index contributed by atoms with van der Waals surface area (Å²) in [5.41, 5.74) is 0.182. The lowest BCUT2D eigenvalue weighted by atomic mass is 10.1. The van der Waals surface area contributed by atoms with Crippen LogP contribution in [0.4, 0.5) is 0 Å². The summed E-state index contributed by atoms with van der Waals surface area (Å²) in [7, 11) is 0. The molecule has 3 nitrogen and oxygen atoms in total. The molecule has 90 valence electrons. The van der Waals surface area contributed by atoms with Crippen molar-refractivity contribution in [1.82, 2.24) is 4.90 Å². The van der Waals surface area contributed by atoms with E-state index in [-0.39, 0.29) is 23.8 Å². The van der Waals surface area contributed by atoms with Gasteiger partial charge in [-0.2, -0.15) is 0 Å². The first kappa shape index (κ1) is 13.4. The minimum atomic E-state index is -0.301. The van der Waals surface area contributed by atoms with E-state index in [0.29, 0.717) is 11.6 Å². The lowest BCUT2D eigenvalue weighted by Gasteiger charge is -2.20. The van der Waals surface area contributed by atoms with Gasteiger partial charge in [-0.05, 0) is 24.6 Å². The van der Waals surface area contributed by atoms with Crippen LogP contribution < -0.4 is 0 Å². The second-order valence-electron chi connectivity index (χ2n) is 3.59. The van der Waals surface area contributed by atoms with Crippen LogP contribution in [0.3, 0.4) is 0 Å². The molecule has 1 aromatic rings. The number of phenolic OH excluding ortho intramolecular Hbond substituents is 1. The third kappa shape index (κ3) is 3.40. The zero-order valence-electron chi connectivity index (χ0n) is 9.61. The number of rotatable bonds is 4. The smallest absolute Gasteiger partial charge is 0.258 e. The fourth-order valence-electron chi connectivity index (χ4n) is 1.48. The number of halogens is 1. The predicted molar refractivity (Wildman–Crippen MR) is 68.1 cm³/mol. The van der Waals surface area contributed by atoms with Gasteiger partial charge in [0.15, 0.2) is 0 Å². The molecule has 0 unspecified atom stereocenters. The molecule has 0 fully saturated rings. The standard InChI is InChI=1S/C13H14ClNO2/c1-3-7-15(8-4-2)13(17)11-9-10(14)5-6-12(11)16/h1,5-6,9,16H,4,7-8H2,2H3. The van der Waals surface area contributed by atoms with E-state index in [2.05, 4.69) is 5.92 Å². The molecule has 0 radical (unpaired) electrons. The van der Waals surface area contributed by atoms with Gasteiger partial charge in [-0.25, -0.2) is 0 Å². The number of carbonyl (C=O) groups is 1. The molecular formula is C13H14ClNO2. The molecule has 0 aliphatic heterocycles. The Morgan fingerprint density at radius 2 is 2.29 bits per heavy atom. The maximum atomic E-state index is 12.1. The number of hydrogen-bond donors (Lipinski definition) is 1. The zero-order valence-corrected chi connectivity index (χ0v) is 10.4. The van der Waals surface area contributed by atoms with Gasteiger partial charge in [-0.15, -0.1) is 6.42 Å². The van der Waals surface area contributed by atoms with Crippen LogP contribution in [0.2, 0.25) is 5.02 Å². The van der Waals surface area contributed by atoms with Crippen LogP contribution in [0.5, 0.6) is 5.75 Å². The third-order valence-electron chi connectivity index (χ3n) is 2.25. The van der Waals surface area contributed by atoms with Crippen molar-refractivity contribution in [2.24, 2.45) is 0 Å². The van der Waals surface area contributed by atoms with Gasteiger partial charge in [0.1, 0.15) is 5.75 Å². The summed E-state index contributed by atoms with van der Waals surface area (Å²) < 4.78 is 0. The van der Waals surface area contributed by atoms with E-state index in [0.717, 1.165) is 6.42 Å². The summed E-state index contributed by atoms with van der Waals surface area (Å²) in [5, 5.41) is 10.0. The largest absolute Gasteiger partial charge is 0.507 e. The molecule has 17 heavy (non-hydrogen) atoms. The summed E-state index contributed by atoms with van der Waals surface area (Å²) >= 11 is 5.80. The minimum absolute atomic E-state index is 0.0856. The van der Waals surface area contributed by atoms with Gasteiger partial charge in [0.25, 0.3) is 5.91 Å². The molecular weight excluding hydrogens is 238 g/mol. The van der Waals surface area contributed by atoms with Gasteiger partial charge in [-0.1, -0.05) is 24.4 Å². The van der Waals surface area contributed by atoms with Gasteiger partial charge in [-0.3, -0.25) is 4.79 Å².